The first-order valence-corrected chi connectivity index (χ1v) is 15.5. The molecule has 1 aliphatic carbocycles. The lowest BCUT2D eigenvalue weighted by atomic mass is 9.86. The zero-order chi connectivity index (χ0) is 33.1. The Bertz CT molecular complexity index is 1590. The molecule has 10 nitrogen and oxygen atoms in total. The number of furan rings is 1. The third kappa shape index (κ3) is 8.61. The number of fused-ring (bicyclic) bond motifs is 1. The second-order valence-corrected chi connectivity index (χ2v) is 11.3. The fourth-order valence-electron chi connectivity index (χ4n) is 5.08. The SMILES string of the molecule is CCNCC.CCNCC.Cc1cn(-c2ccc3c(c2)C(C)(C)CC3)c(O)c1N=Nc1cccc(-c2ccc(C(=O)O)o2)c1O. The summed E-state index contributed by atoms with van der Waals surface area (Å²) in [6, 6.07) is 13.8. The molecule has 0 spiro atoms. The van der Waals surface area contributed by atoms with Crippen LogP contribution in [0.25, 0.3) is 17.0 Å². The molecule has 0 amide bonds. The number of hydrogen-bond acceptors (Lipinski definition) is 8. The van der Waals surface area contributed by atoms with E-state index >= 15 is 0 Å². The predicted octanol–water partition coefficient (Wildman–Crippen LogP) is 8.03. The molecule has 10 heteroatoms. The normalized spacial score (nSPS) is 13.1. The van der Waals surface area contributed by atoms with Crippen LogP contribution in [0.4, 0.5) is 11.4 Å². The van der Waals surface area contributed by atoms with Crippen molar-refractivity contribution >= 4 is 17.3 Å². The van der Waals surface area contributed by atoms with Gasteiger partial charge in [0.1, 0.15) is 11.4 Å². The number of nitrogens with one attached hydrogen (secondary N) is 2. The molecule has 0 saturated heterocycles. The Labute approximate surface area is 265 Å². The number of phenols is 1. The molecular weight excluding hydrogens is 570 g/mol. The molecule has 0 atom stereocenters. The van der Waals surface area contributed by atoms with Crippen molar-refractivity contribution in [1.29, 1.82) is 0 Å². The number of aromatic carboxylic acids is 1. The molecule has 4 aromatic rings. The van der Waals surface area contributed by atoms with E-state index in [9.17, 15) is 15.0 Å². The van der Waals surface area contributed by atoms with Gasteiger partial charge in [-0.2, -0.15) is 0 Å². The maximum Gasteiger partial charge on any atom is 0.371 e. The Balaban J connectivity index is 0.000000482. The molecule has 0 fully saturated rings. The smallest absolute Gasteiger partial charge is 0.371 e. The maximum atomic E-state index is 11.1. The van der Waals surface area contributed by atoms with Gasteiger partial charge in [0.05, 0.1) is 5.56 Å². The van der Waals surface area contributed by atoms with Gasteiger partial charge in [0.2, 0.25) is 11.6 Å². The van der Waals surface area contributed by atoms with Crippen LogP contribution >= 0.6 is 0 Å². The highest BCUT2D eigenvalue weighted by molar-refractivity contribution is 5.85. The standard InChI is InChI=1S/C27H25N3O5.2C4H11N/c1-15-14-30(17-8-7-16-11-12-27(2,3)19(16)13-17)25(32)23(15)29-28-20-6-4-5-18(24(20)31)21-9-10-22(35-21)26(33)34;2*1-3-5-4-2/h4-10,13-14,31-32H,11-12H2,1-3H3,(H,33,34);2*5H,3-4H2,1-2H3. The minimum absolute atomic E-state index is 0.0465. The zero-order valence-electron chi connectivity index (χ0n) is 27.4. The Morgan fingerprint density at radius 2 is 1.62 bits per heavy atom. The number of carboxylic acid groups (broad SMARTS) is 1. The highest BCUT2D eigenvalue weighted by Gasteiger charge is 2.30. The van der Waals surface area contributed by atoms with Gasteiger partial charge in [-0.05, 0) is 104 Å². The van der Waals surface area contributed by atoms with Gasteiger partial charge < -0.3 is 30.4 Å². The molecule has 0 unspecified atom stereocenters. The van der Waals surface area contributed by atoms with Crippen LogP contribution in [0.15, 0.2) is 69.4 Å². The third-order valence-electron chi connectivity index (χ3n) is 7.61. The monoisotopic (exact) mass is 617 g/mol. The first-order valence-electron chi connectivity index (χ1n) is 15.5. The van der Waals surface area contributed by atoms with Gasteiger partial charge in [-0.25, -0.2) is 4.79 Å². The van der Waals surface area contributed by atoms with Crippen LogP contribution in [0.3, 0.4) is 0 Å². The second-order valence-electron chi connectivity index (χ2n) is 11.3. The fraction of sp³-hybridized carbons (Fsp3) is 0.400. The number of nitrogens with zero attached hydrogens (tertiary/aromatic N) is 3. The fourth-order valence-corrected chi connectivity index (χ4v) is 5.08. The molecule has 1 aliphatic rings. The van der Waals surface area contributed by atoms with E-state index in [0.717, 1.165) is 50.3 Å². The summed E-state index contributed by atoms with van der Waals surface area (Å²) < 4.78 is 6.98. The molecule has 5 N–H and O–H groups in total. The van der Waals surface area contributed by atoms with Crippen molar-refractivity contribution in [1.82, 2.24) is 15.2 Å². The van der Waals surface area contributed by atoms with E-state index in [2.05, 4.69) is 74.5 Å². The van der Waals surface area contributed by atoms with Gasteiger partial charge in [0, 0.05) is 11.9 Å². The van der Waals surface area contributed by atoms with Crippen LogP contribution in [0.2, 0.25) is 0 Å². The first-order chi connectivity index (χ1) is 21.5. The number of azo groups is 1. The van der Waals surface area contributed by atoms with E-state index in [1.807, 2.05) is 13.0 Å². The number of aromatic hydroxyl groups is 2. The summed E-state index contributed by atoms with van der Waals surface area (Å²) >= 11 is 0. The van der Waals surface area contributed by atoms with Crippen LogP contribution in [0, 0.1) is 6.92 Å². The van der Waals surface area contributed by atoms with Crippen LogP contribution in [0.5, 0.6) is 11.6 Å². The van der Waals surface area contributed by atoms with E-state index in [0.29, 0.717) is 5.69 Å². The first kappa shape index (κ1) is 35.1. The molecule has 2 heterocycles. The average Bonchev–Trinajstić information content (AvgIpc) is 3.70. The van der Waals surface area contributed by atoms with Crippen molar-refractivity contribution in [3.63, 3.8) is 0 Å². The molecule has 2 aromatic heterocycles. The predicted molar refractivity (Wildman–Crippen MR) is 179 cm³/mol. The highest BCUT2D eigenvalue weighted by Crippen LogP contribution is 2.43. The van der Waals surface area contributed by atoms with Gasteiger partial charge in [-0.15, -0.1) is 10.2 Å². The third-order valence-corrected chi connectivity index (χ3v) is 7.61. The van der Waals surface area contributed by atoms with Gasteiger partial charge in [0.25, 0.3) is 0 Å². The van der Waals surface area contributed by atoms with Gasteiger partial charge in [-0.1, -0.05) is 53.7 Å². The Morgan fingerprint density at radius 3 is 2.20 bits per heavy atom. The lowest BCUT2D eigenvalue weighted by molar-refractivity contribution is 0.0663. The minimum atomic E-state index is -1.20. The quantitative estimate of drug-likeness (QED) is 0.120. The van der Waals surface area contributed by atoms with E-state index in [-0.39, 0.29) is 39.8 Å². The molecule has 5 rings (SSSR count). The van der Waals surface area contributed by atoms with Crippen molar-refractivity contribution in [2.75, 3.05) is 26.2 Å². The summed E-state index contributed by atoms with van der Waals surface area (Å²) in [5.74, 6) is -1.49. The summed E-state index contributed by atoms with van der Waals surface area (Å²) in [7, 11) is 0. The van der Waals surface area contributed by atoms with Crippen molar-refractivity contribution in [3.8, 4) is 28.6 Å². The number of phenolic OH excluding ortho intramolecular Hbond substituents is 1. The number of rotatable bonds is 9. The summed E-state index contributed by atoms with van der Waals surface area (Å²) in [6.07, 6.45) is 3.96. The van der Waals surface area contributed by atoms with Crippen LogP contribution in [0.1, 0.15) is 75.2 Å². The van der Waals surface area contributed by atoms with E-state index < -0.39 is 5.97 Å². The molecule has 0 saturated carbocycles. The summed E-state index contributed by atoms with van der Waals surface area (Å²) in [4.78, 5) is 11.1. The number of carbonyl (C=O) groups is 1. The largest absolute Gasteiger partial charge is 0.505 e. The number of benzene rings is 2. The van der Waals surface area contributed by atoms with Crippen molar-refractivity contribution in [3.05, 3.63) is 77.2 Å². The van der Waals surface area contributed by atoms with E-state index in [4.69, 9.17) is 9.52 Å². The van der Waals surface area contributed by atoms with Crippen molar-refractivity contribution in [2.45, 2.75) is 66.7 Å². The second kappa shape index (κ2) is 16.1. The van der Waals surface area contributed by atoms with Gasteiger partial charge in [0.15, 0.2) is 11.4 Å². The Morgan fingerprint density at radius 1 is 0.956 bits per heavy atom. The Hall–Kier alpha value is -4.41. The molecule has 242 valence electrons. The van der Waals surface area contributed by atoms with Crippen LogP contribution in [-0.4, -0.2) is 52.0 Å². The number of aromatic nitrogens is 1. The van der Waals surface area contributed by atoms with E-state index in [1.165, 1.54) is 23.3 Å². The van der Waals surface area contributed by atoms with Crippen molar-refractivity contribution in [2.24, 2.45) is 10.2 Å². The molecule has 45 heavy (non-hydrogen) atoms. The molecule has 2 aromatic carbocycles. The van der Waals surface area contributed by atoms with Gasteiger partial charge >= 0.3 is 5.97 Å². The summed E-state index contributed by atoms with van der Waals surface area (Å²) in [5.41, 5.74) is 5.01. The van der Waals surface area contributed by atoms with Gasteiger partial charge in [-0.3, -0.25) is 4.57 Å². The zero-order valence-corrected chi connectivity index (χ0v) is 27.4. The summed E-state index contributed by atoms with van der Waals surface area (Å²) in [6.45, 7) is 19.1. The van der Waals surface area contributed by atoms with E-state index in [1.54, 1.807) is 29.0 Å². The number of hydrogen-bond donors (Lipinski definition) is 5. The van der Waals surface area contributed by atoms with Crippen LogP contribution < -0.4 is 10.6 Å². The highest BCUT2D eigenvalue weighted by atomic mass is 16.4. The Kier molecular flexibility index (Phi) is 12.5. The molecule has 0 aliphatic heterocycles. The molecule has 0 radical (unpaired) electrons. The molecule has 0 bridgehead atoms. The lowest BCUT2D eigenvalue weighted by Gasteiger charge is -2.19. The minimum Gasteiger partial charge on any atom is -0.505 e. The van der Waals surface area contributed by atoms with Crippen LogP contribution in [-0.2, 0) is 11.8 Å². The molecular formula is C35H47N5O5. The topological polar surface area (TPSA) is 145 Å². The number of para-hydroxylation sites is 1. The average molecular weight is 618 g/mol. The van der Waals surface area contributed by atoms with Crippen molar-refractivity contribution < 1.29 is 24.5 Å². The lowest BCUT2D eigenvalue weighted by Crippen LogP contribution is -2.12. The number of carboxylic acids is 1. The maximum absolute atomic E-state index is 11.1. The summed E-state index contributed by atoms with van der Waals surface area (Å²) in [5, 5.41) is 45.3. The number of aryl methyl sites for hydroxylation is 2.